The molecule has 0 fully saturated rings. The minimum atomic E-state index is -3.76. The van der Waals surface area contributed by atoms with E-state index in [0.717, 1.165) is 21.7 Å². The summed E-state index contributed by atoms with van der Waals surface area (Å²) in [6, 6.07) is 11.6. The Bertz CT molecular complexity index is 1090. The maximum absolute atomic E-state index is 13.4. The third kappa shape index (κ3) is 6.46. The van der Waals surface area contributed by atoms with Crippen LogP contribution >= 0.6 is 11.6 Å². The lowest BCUT2D eigenvalue weighted by molar-refractivity contribution is -0.139. The predicted molar refractivity (Wildman–Crippen MR) is 128 cm³/mol. The van der Waals surface area contributed by atoms with Gasteiger partial charge in [0.15, 0.2) is 0 Å². The lowest BCUT2D eigenvalue weighted by Gasteiger charge is -2.32. The number of amides is 2. The minimum Gasteiger partial charge on any atom is -0.355 e. The fourth-order valence-corrected chi connectivity index (χ4v) is 4.39. The smallest absolute Gasteiger partial charge is 0.244 e. The quantitative estimate of drug-likeness (QED) is 0.598. The van der Waals surface area contributed by atoms with Crippen LogP contribution < -0.4 is 9.62 Å². The predicted octanol–water partition coefficient (Wildman–Crippen LogP) is 3.28. The number of aryl methyl sites for hydroxylation is 2. The van der Waals surface area contributed by atoms with Gasteiger partial charge in [0.25, 0.3) is 0 Å². The van der Waals surface area contributed by atoms with Gasteiger partial charge in [-0.3, -0.25) is 13.9 Å². The number of anilines is 1. The normalized spacial score (nSPS) is 12.2. The summed E-state index contributed by atoms with van der Waals surface area (Å²) >= 11 is 6.29. The standard InChI is InChI=1S/C23H30ClN3O4S/c1-6-25-23(29)18(4)26(14-19-9-7-8-10-20(19)24)22(28)15-27(32(5,30)31)21-13-16(2)11-12-17(21)3/h7-13,18H,6,14-15H2,1-5H3,(H,25,29)/t18-/m0/s1. The lowest BCUT2D eigenvalue weighted by atomic mass is 10.1. The van der Waals surface area contributed by atoms with Gasteiger partial charge in [0.2, 0.25) is 21.8 Å². The van der Waals surface area contributed by atoms with Crippen molar-refractivity contribution >= 4 is 39.1 Å². The molecule has 0 unspecified atom stereocenters. The Kier molecular flexibility index (Phi) is 8.69. The van der Waals surface area contributed by atoms with Crippen molar-refractivity contribution in [3.8, 4) is 0 Å². The Balaban J connectivity index is 2.45. The van der Waals surface area contributed by atoms with E-state index in [1.807, 2.05) is 19.1 Å². The van der Waals surface area contributed by atoms with Gasteiger partial charge in [0.05, 0.1) is 11.9 Å². The molecule has 0 bridgehead atoms. The average Bonchev–Trinajstić information content (AvgIpc) is 2.72. The highest BCUT2D eigenvalue weighted by atomic mass is 35.5. The summed E-state index contributed by atoms with van der Waals surface area (Å²) in [6.45, 7) is 7.09. The summed E-state index contributed by atoms with van der Waals surface area (Å²) in [5.74, 6) is -0.833. The summed E-state index contributed by atoms with van der Waals surface area (Å²) in [6.07, 6.45) is 1.06. The molecule has 0 aliphatic heterocycles. The lowest BCUT2D eigenvalue weighted by Crippen LogP contribution is -2.51. The molecule has 32 heavy (non-hydrogen) atoms. The van der Waals surface area contributed by atoms with Gasteiger partial charge < -0.3 is 10.2 Å². The van der Waals surface area contributed by atoms with Gasteiger partial charge in [-0.1, -0.05) is 41.9 Å². The number of nitrogens with one attached hydrogen (secondary N) is 1. The number of hydrogen-bond acceptors (Lipinski definition) is 4. The molecule has 0 aromatic heterocycles. The molecule has 1 N–H and O–H groups in total. The van der Waals surface area contributed by atoms with Crippen molar-refractivity contribution in [1.29, 1.82) is 0 Å². The summed E-state index contributed by atoms with van der Waals surface area (Å²) < 4.78 is 26.3. The first-order valence-electron chi connectivity index (χ1n) is 10.3. The van der Waals surface area contributed by atoms with Crippen LogP contribution in [0.25, 0.3) is 0 Å². The molecule has 2 rings (SSSR count). The molecule has 0 heterocycles. The molecule has 0 aliphatic rings. The van der Waals surface area contributed by atoms with Gasteiger partial charge in [0, 0.05) is 18.1 Å². The van der Waals surface area contributed by atoms with Crippen LogP contribution in [0.1, 0.15) is 30.5 Å². The summed E-state index contributed by atoms with van der Waals surface area (Å²) in [5.41, 5.74) is 2.69. The number of sulfonamides is 1. The molecule has 0 aliphatic carbocycles. The Morgan fingerprint density at radius 1 is 1.12 bits per heavy atom. The van der Waals surface area contributed by atoms with Crippen LogP contribution in [-0.4, -0.2) is 50.5 Å². The molecule has 0 saturated carbocycles. The van der Waals surface area contributed by atoms with Crippen LogP contribution in [-0.2, 0) is 26.2 Å². The SMILES string of the molecule is CCNC(=O)[C@H](C)N(Cc1ccccc1Cl)C(=O)CN(c1cc(C)ccc1C)S(C)(=O)=O. The number of halogens is 1. The van der Waals surface area contributed by atoms with E-state index in [4.69, 9.17) is 11.6 Å². The second-order valence-corrected chi connectivity index (χ2v) is 10.1. The highest BCUT2D eigenvalue weighted by Gasteiger charge is 2.30. The number of benzene rings is 2. The van der Waals surface area contributed by atoms with Gasteiger partial charge in [-0.15, -0.1) is 0 Å². The number of rotatable bonds is 9. The van der Waals surface area contributed by atoms with Crippen LogP contribution in [0.5, 0.6) is 0 Å². The van der Waals surface area contributed by atoms with Gasteiger partial charge in [-0.25, -0.2) is 8.42 Å². The maximum Gasteiger partial charge on any atom is 0.244 e. The molecule has 2 aromatic carbocycles. The highest BCUT2D eigenvalue weighted by Crippen LogP contribution is 2.25. The van der Waals surface area contributed by atoms with Crippen molar-refractivity contribution in [2.45, 2.75) is 40.3 Å². The summed E-state index contributed by atoms with van der Waals surface area (Å²) in [4.78, 5) is 27.3. The second kappa shape index (κ2) is 10.8. The molecule has 2 aromatic rings. The van der Waals surface area contributed by atoms with E-state index in [-0.39, 0.29) is 12.5 Å². The number of likely N-dealkylation sites (N-methyl/N-ethyl adjacent to an activating group) is 1. The molecule has 7 nitrogen and oxygen atoms in total. The zero-order valence-electron chi connectivity index (χ0n) is 19.1. The third-order valence-corrected chi connectivity index (χ3v) is 6.62. The zero-order chi connectivity index (χ0) is 24.1. The minimum absolute atomic E-state index is 0.0706. The number of hydrogen-bond donors (Lipinski definition) is 1. The molecule has 174 valence electrons. The molecule has 0 saturated heterocycles. The van der Waals surface area contributed by atoms with Gasteiger partial charge in [-0.2, -0.15) is 0 Å². The first-order valence-corrected chi connectivity index (χ1v) is 12.5. The Morgan fingerprint density at radius 3 is 2.38 bits per heavy atom. The van der Waals surface area contributed by atoms with Gasteiger partial charge >= 0.3 is 0 Å². The van der Waals surface area contributed by atoms with E-state index in [9.17, 15) is 18.0 Å². The topological polar surface area (TPSA) is 86.8 Å². The van der Waals surface area contributed by atoms with Crippen LogP contribution in [0, 0.1) is 13.8 Å². The van der Waals surface area contributed by atoms with Crippen molar-refractivity contribution < 1.29 is 18.0 Å². The molecular weight excluding hydrogens is 450 g/mol. The maximum atomic E-state index is 13.4. The Hall–Kier alpha value is -2.58. The molecule has 2 amide bonds. The van der Waals surface area contributed by atoms with E-state index in [0.29, 0.717) is 22.8 Å². The van der Waals surface area contributed by atoms with E-state index in [2.05, 4.69) is 5.32 Å². The first-order chi connectivity index (χ1) is 15.0. The van der Waals surface area contributed by atoms with Crippen LogP contribution in [0.2, 0.25) is 5.02 Å². The van der Waals surface area contributed by atoms with Crippen molar-refractivity contribution in [1.82, 2.24) is 10.2 Å². The second-order valence-electron chi connectivity index (χ2n) is 7.74. The van der Waals surface area contributed by atoms with Crippen LogP contribution in [0.15, 0.2) is 42.5 Å². The molecule has 0 radical (unpaired) electrons. The number of carbonyl (C=O) groups excluding carboxylic acids is 2. The average molecular weight is 480 g/mol. The monoisotopic (exact) mass is 479 g/mol. The van der Waals surface area contributed by atoms with Gasteiger partial charge in [0.1, 0.15) is 12.6 Å². The first kappa shape index (κ1) is 25.7. The fraction of sp³-hybridized carbons (Fsp3) is 0.391. The molecular formula is C23H30ClN3O4S. The van der Waals surface area contributed by atoms with Crippen molar-refractivity contribution in [3.63, 3.8) is 0 Å². The Labute approximate surface area is 195 Å². The summed E-state index contributed by atoms with van der Waals surface area (Å²) in [7, 11) is -3.76. The van der Waals surface area contributed by atoms with Crippen LogP contribution in [0.3, 0.4) is 0 Å². The Morgan fingerprint density at radius 2 is 1.78 bits per heavy atom. The largest absolute Gasteiger partial charge is 0.355 e. The molecule has 1 atom stereocenters. The van der Waals surface area contributed by atoms with E-state index in [1.54, 1.807) is 51.1 Å². The fourth-order valence-electron chi connectivity index (χ4n) is 3.30. The van der Waals surface area contributed by atoms with Gasteiger partial charge in [-0.05, 0) is 56.5 Å². The van der Waals surface area contributed by atoms with Crippen molar-refractivity contribution in [2.75, 3.05) is 23.7 Å². The number of nitrogens with zero attached hydrogens (tertiary/aromatic N) is 2. The zero-order valence-corrected chi connectivity index (χ0v) is 20.6. The van der Waals surface area contributed by atoms with E-state index < -0.39 is 28.5 Å². The third-order valence-electron chi connectivity index (χ3n) is 5.13. The van der Waals surface area contributed by atoms with E-state index >= 15 is 0 Å². The van der Waals surface area contributed by atoms with Crippen LogP contribution in [0.4, 0.5) is 5.69 Å². The van der Waals surface area contributed by atoms with Crippen molar-refractivity contribution in [3.05, 3.63) is 64.2 Å². The highest BCUT2D eigenvalue weighted by molar-refractivity contribution is 7.92. The number of carbonyl (C=O) groups is 2. The molecule has 0 spiro atoms. The van der Waals surface area contributed by atoms with Crippen molar-refractivity contribution in [2.24, 2.45) is 0 Å². The summed E-state index contributed by atoms with van der Waals surface area (Å²) in [5, 5.41) is 3.18. The molecule has 9 heteroatoms. The van der Waals surface area contributed by atoms with E-state index in [1.165, 1.54) is 4.90 Å².